The lowest BCUT2D eigenvalue weighted by Gasteiger charge is -2.35. The number of rotatable bonds is 4. The van der Waals surface area contributed by atoms with Crippen molar-refractivity contribution in [3.8, 4) is 0 Å². The van der Waals surface area contributed by atoms with Crippen LogP contribution in [0.25, 0.3) is 0 Å². The third-order valence-corrected chi connectivity index (χ3v) is 4.86. The smallest absolute Gasteiger partial charge is 0.287 e. The van der Waals surface area contributed by atoms with Crippen LogP contribution in [0.1, 0.15) is 4.88 Å². The van der Waals surface area contributed by atoms with E-state index in [9.17, 15) is 10.1 Å². The first kappa shape index (κ1) is 15.2. The molecular formula is C14H15ClN4O2S. The molecule has 0 saturated carbocycles. The lowest BCUT2D eigenvalue weighted by molar-refractivity contribution is -0.385. The van der Waals surface area contributed by atoms with Crippen LogP contribution in [0.15, 0.2) is 30.5 Å². The molecule has 22 heavy (non-hydrogen) atoms. The van der Waals surface area contributed by atoms with Gasteiger partial charge in [-0.3, -0.25) is 15.0 Å². The summed E-state index contributed by atoms with van der Waals surface area (Å²) in [5.41, 5.74) is 0.0250. The van der Waals surface area contributed by atoms with Gasteiger partial charge in [0.05, 0.1) is 9.26 Å². The van der Waals surface area contributed by atoms with Crippen molar-refractivity contribution in [3.05, 3.63) is 49.8 Å². The van der Waals surface area contributed by atoms with Gasteiger partial charge in [-0.2, -0.15) is 0 Å². The normalized spacial score (nSPS) is 16.0. The van der Waals surface area contributed by atoms with Crippen molar-refractivity contribution in [2.75, 3.05) is 31.1 Å². The van der Waals surface area contributed by atoms with Crippen molar-refractivity contribution >= 4 is 34.4 Å². The zero-order chi connectivity index (χ0) is 15.5. The average Bonchev–Trinajstić information content (AvgIpc) is 2.93. The molecule has 116 valence electrons. The molecule has 1 aliphatic heterocycles. The van der Waals surface area contributed by atoms with Gasteiger partial charge in [-0.25, -0.2) is 4.98 Å². The first-order valence-electron chi connectivity index (χ1n) is 6.94. The van der Waals surface area contributed by atoms with E-state index >= 15 is 0 Å². The summed E-state index contributed by atoms with van der Waals surface area (Å²) in [5, 5.41) is 10.6. The fourth-order valence-electron chi connectivity index (χ4n) is 2.47. The number of pyridine rings is 1. The van der Waals surface area contributed by atoms with E-state index in [0.717, 1.165) is 42.9 Å². The third-order valence-electron chi connectivity index (χ3n) is 3.65. The Bertz CT molecular complexity index is 653. The predicted octanol–water partition coefficient (Wildman–Crippen LogP) is 3.03. The van der Waals surface area contributed by atoms with Gasteiger partial charge in [-0.15, -0.1) is 11.3 Å². The number of hydrogen-bond donors (Lipinski definition) is 0. The van der Waals surface area contributed by atoms with Gasteiger partial charge in [0.25, 0.3) is 5.69 Å². The van der Waals surface area contributed by atoms with Crippen LogP contribution in [0.4, 0.5) is 11.5 Å². The second-order valence-corrected chi connectivity index (χ2v) is 6.90. The van der Waals surface area contributed by atoms with E-state index in [1.165, 1.54) is 17.1 Å². The van der Waals surface area contributed by atoms with Gasteiger partial charge in [0.1, 0.15) is 12.0 Å². The Morgan fingerprint density at radius 3 is 2.55 bits per heavy atom. The molecule has 2 aromatic rings. The topological polar surface area (TPSA) is 62.5 Å². The van der Waals surface area contributed by atoms with Crippen LogP contribution >= 0.6 is 22.9 Å². The molecule has 0 atom stereocenters. The lowest BCUT2D eigenvalue weighted by atomic mass is 10.3. The highest BCUT2D eigenvalue weighted by Gasteiger charge is 2.19. The minimum Gasteiger partial charge on any atom is -0.354 e. The Morgan fingerprint density at radius 1 is 1.23 bits per heavy atom. The van der Waals surface area contributed by atoms with Crippen molar-refractivity contribution in [1.29, 1.82) is 0 Å². The Hall–Kier alpha value is -1.70. The van der Waals surface area contributed by atoms with E-state index in [-0.39, 0.29) is 5.69 Å². The summed E-state index contributed by atoms with van der Waals surface area (Å²) >= 11 is 7.57. The standard InChI is InChI=1S/C14H15ClN4O2S/c15-13-3-2-12(22-13)10-17-5-7-18(8-6-17)14-4-1-11(9-16-14)19(20)21/h1-4,9H,5-8,10H2. The number of nitro groups is 1. The van der Waals surface area contributed by atoms with Gasteiger partial charge in [-0.05, 0) is 18.2 Å². The van der Waals surface area contributed by atoms with Crippen LogP contribution in [0.2, 0.25) is 4.34 Å². The van der Waals surface area contributed by atoms with E-state index < -0.39 is 4.92 Å². The highest BCUT2D eigenvalue weighted by molar-refractivity contribution is 7.16. The van der Waals surface area contributed by atoms with Crippen LogP contribution in [0.3, 0.4) is 0 Å². The summed E-state index contributed by atoms with van der Waals surface area (Å²) in [6.45, 7) is 4.52. The summed E-state index contributed by atoms with van der Waals surface area (Å²) in [6.07, 6.45) is 1.31. The van der Waals surface area contributed by atoms with Crippen LogP contribution < -0.4 is 4.90 Å². The SMILES string of the molecule is O=[N+]([O-])c1ccc(N2CCN(Cc3ccc(Cl)s3)CC2)nc1. The number of anilines is 1. The average molecular weight is 339 g/mol. The maximum Gasteiger partial charge on any atom is 0.287 e. The van der Waals surface area contributed by atoms with Gasteiger partial charge in [0, 0.05) is 43.7 Å². The highest BCUT2D eigenvalue weighted by atomic mass is 35.5. The van der Waals surface area contributed by atoms with Crippen LogP contribution in [-0.2, 0) is 6.54 Å². The molecule has 1 fully saturated rings. The summed E-state index contributed by atoms with van der Waals surface area (Å²) in [6, 6.07) is 7.21. The van der Waals surface area contributed by atoms with Gasteiger partial charge in [0.15, 0.2) is 0 Å². The fraction of sp³-hybridized carbons (Fsp3) is 0.357. The Labute approximate surface area is 137 Å². The quantitative estimate of drug-likeness (QED) is 0.633. The molecule has 0 amide bonds. The monoisotopic (exact) mass is 338 g/mol. The van der Waals surface area contributed by atoms with Crippen molar-refractivity contribution < 1.29 is 4.92 Å². The highest BCUT2D eigenvalue weighted by Crippen LogP contribution is 2.23. The maximum atomic E-state index is 10.6. The summed E-state index contributed by atoms with van der Waals surface area (Å²) in [5.74, 6) is 0.796. The van der Waals surface area contributed by atoms with Gasteiger partial charge < -0.3 is 4.90 Å². The molecule has 0 aromatic carbocycles. The number of hydrogen-bond acceptors (Lipinski definition) is 6. The molecular weight excluding hydrogens is 324 g/mol. The van der Waals surface area contributed by atoms with Crippen molar-refractivity contribution in [1.82, 2.24) is 9.88 Å². The summed E-state index contributed by atoms with van der Waals surface area (Å²) in [4.78, 5) is 20.2. The van der Waals surface area contributed by atoms with Crippen molar-refractivity contribution in [3.63, 3.8) is 0 Å². The number of halogens is 1. The molecule has 1 saturated heterocycles. The molecule has 3 heterocycles. The molecule has 6 nitrogen and oxygen atoms in total. The number of thiophene rings is 1. The van der Waals surface area contributed by atoms with Crippen LogP contribution in [-0.4, -0.2) is 41.0 Å². The summed E-state index contributed by atoms with van der Waals surface area (Å²) < 4.78 is 0.823. The minimum absolute atomic E-state index is 0.0250. The first-order chi connectivity index (χ1) is 10.6. The molecule has 0 aliphatic carbocycles. The maximum absolute atomic E-state index is 10.6. The van der Waals surface area contributed by atoms with E-state index in [4.69, 9.17) is 11.6 Å². The van der Waals surface area contributed by atoms with E-state index in [1.54, 1.807) is 17.4 Å². The molecule has 0 radical (unpaired) electrons. The Balaban J connectivity index is 1.56. The molecule has 0 unspecified atom stereocenters. The molecule has 0 bridgehead atoms. The van der Waals surface area contributed by atoms with E-state index in [0.29, 0.717) is 0 Å². The Kier molecular flexibility index (Phi) is 4.56. The van der Waals surface area contributed by atoms with Crippen molar-refractivity contribution in [2.24, 2.45) is 0 Å². The third kappa shape index (κ3) is 3.55. The van der Waals surface area contributed by atoms with Gasteiger partial charge in [-0.1, -0.05) is 11.6 Å². The first-order valence-corrected chi connectivity index (χ1v) is 8.13. The second kappa shape index (κ2) is 6.60. The molecule has 3 rings (SSSR count). The molecule has 0 N–H and O–H groups in total. The molecule has 2 aromatic heterocycles. The number of nitrogens with zero attached hydrogens (tertiary/aromatic N) is 4. The fourth-order valence-corrected chi connectivity index (χ4v) is 3.60. The summed E-state index contributed by atoms with van der Waals surface area (Å²) in [7, 11) is 0. The van der Waals surface area contributed by atoms with E-state index in [2.05, 4.69) is 20.9 Å². The van der Waals surface area contributed by atoms with Crippen molar-refractivity contribution in [2.45, 2.75) is 6.54 Å². The Morgan fingerprint density at radius 2 is 2.00 bits per heavy atom. The van der Waals surface area contributed by atoms with Gasteiger partial charge >= 0.3 is 0 Å². The number of piperazine rings is 1. The second-order valence-electron chi connectivity index (χ2n) is 5.10. The lowest BCUT2D eigenvalue weighted by Crippen LogP contribution is -2.46. The molecule has 0 spiro atoms. The zero-order valence-electron chi connectivity index (χ0n) is 11.8. The zero-order valence-corrected chi connectivity index (χ0v) is 13.4. The van der Waals surface area contributed by atoms with Crippen LogP contribution in [0.5, 0.6) is 0 Å². The number of aromatic nitrogens is 1. The van der Waals surface area contributed by atoms with Crippen LogP contribution in [0, 0.1) is 10.1 Å². The minimum atomic E-state index is -0.430. The van der Waals surface area contributed by atoms with E-state index in [1.807, 2.05) is 6.07 Å². The van der Waals surface area contributed by atoms with Gasteiger partial charge in [0.2, 0.25) is 0 Å². The predicted molar refractivity (Wildman–Crippen MR) is 87.7 cm³/mol. The molecule has 8 heteroatoms. The molecule has 1 aliphatic rings. The largest absolute Gasteiger partial charge is 0.354 e.